The van der Waals surface area contributed by atoms with Gasteiger partial charge in [-0.05, 0) is 43.4 Å². The van der Waals surface area contributed by atoms with E-state index in [1.54, 1.807) is 16.4 Å². The van der Waals surface area contributed by atoms with E-state index in [9.17, 15) is 8.42 Å². The Morgan fingerprint density at radius 2 is 2.20 bits per heavy atom. The lowest BCUT2D eigenvalue weighted by Gasteiger charge is -2.31. The van der Waals surface area contributed by atoms with Crippen LogP contribution in [0.4, 0.5) is 5.69 Å². The van der Waals surface area contributed by atoms with Crippen molar-refractivity contribution in [1.29, 1.82) is 0 Å². The van der Waals surface area contributed by atoms with Gasteiger partial charge in [0.1, 0.15) is 0 Å². The molecule has 112 valence electrons. The average molecular weight is 297 g/mol. The van der Waals surface area contributed by atoms with E-state index in [0.29, 0.717) is 24.7 Å². The maximum atomic E-state index is 12.4. The Labute approximate surface area is 121 Å². The molecule has 6 heteroatoms. The molecule has 0 aliphatic carbocycles. The standard InChI is InChI=1S/C14H23N3O2S/c1-11-5-4-8-17(10-11)20(18,19)16-12(2)13-6-3-7-14(15)9-13/h3,6-7,9,11-12,16H,4-5,8,10,15H2,1-2H3. The van der Waals surface area contributed by atoms with Crippen molar-refractivity contribution in [3.05, 3.63) is 29.8 Å². The molecule has 1 saturated heterocycles. The van der Waals surface area contributed by atoms with Gasteiger partial charge in [-0.1, -0.05) is 19.1 Å². The molecule has 1 aromatic carbocycles. The van der Waals surface area contributed by atoms with Crippen LogP contribution in [0.25, 0.3) is 0 Å². The molecule has 0 spiro atoms. The molecule has 0 aromatic heterocycles. The quantitative estimate of drug-likeness (QED) is 0.833. The Bertz CT molecular complexity index is 559. The van der Waals surface area contributed by atoms with Gasteiger partial charge in [0.05, 0.1) is 0 Å². The van der Waals surface area contributed by atoms with Crippen molar-refractivity contribution in [2.75, 3.05) is 18.8 Å². The molecule has 1 aliphatic heterocycles. The first-order valence-electron chi connectivity index (χ1n) is 7.01. The molecule has 2 rings (SSSR count). The van der Waals surface area contributed by atoms with E-state index >= 15 is 0 Å². The smallest absolute Gasteiger partial charge is 0.280 e. The largest absolute Gasteiger partial charge is 0.399 e. The summed E-state index contributed by atoms with van der Waals surface area (Å²) < 4.78 is 29.0. The predicted molar refractivity (Wildman–Crippen MR) is 81.3 cm³/mol. The SMILES string of the molecule is CC1CCCN(S(=O)(=O)NC(C)c2cccc(N)c2)C1. The van der Waals surface area contributed by atoms with E-state index in [2.05, 4.69) is 11.6 Å². The summed E-state index contributed by atoms with van der Waals surface area (Å²) in [6, 6.07) is 7.00. The zero-order chi connectivity index (χ0) is 14.8. The van der Waals surface area contributed by atoms with Gasteiger partial charge in [0, 0.05) is 24.8 Å². The van der Waals surface area contributed by atoms with Crippen molar-refractivity contribution < 1.29 is 8.42 Å². The highest BCUT2D eigenvalue weighted by Crippen LogP contribution is 2.21. The second-order valence-electron chi connectivity index (χ2n) is 5.62. The molecule has 0 bridgehead atoms. The van der Waals surface area contributed by atoms with Gasteiger partial charge in [-0.15, -0.1) is 0 Å². The van der Waals surface area contributed by atoms with Crippen molar-refractivity contribution in [2.45, 2.75) is 32.7 Å². The van der Waals surface area contributed by atoms with Crippen LogP contribution in [0.15, 0.2) is 24.3 Å². The Kier molecular flexibility index (Phi) is 4.67. The summed E-state index contributed by atoms with van der Waals surface area (Å²) in [5, 5.41) is 0. The number of nitrogen functional groups attached to an aromatic ring is 1. The third-order valence-corrected chi connectivity index (χ3v) is 5.36. The predicted octanol–water partition coefficient (Wildman–Crippen LogP) is 1.90. The van der Waals surface area contributed by atoms with Gasteiger partial charge >= 0.3 is 0 Å². The highest BCUT2D eigenvalue weighted by Gasteiger charge is 2.28. The second-order valence-corrected chi connectivity index (χ2v) is 7.32. The van der Waals surface area contributed by atoms with E-state index in [1.165, 1.54) is 0 Å². The van der Waals surface area contributed by atoms with Gasteiger partial charge in [-0.2, -0.15) is 17.4 Å². The van der Waals surface area contributed by atoms with Crippen molar-refractivity contribution in [1.82, 2.24) is 9.03 Å². The molecule has 20 heavy (non-hydrogen) atoms. The highest BCUT2D eigenvalue weighted by molar-refractivity contribution is 7.87. The minimum absolute atomic E-state index is 0.291. The van der Waals surface area contributed by atoms with E-state index in [0.717, 1.165) is 18.4 Å². The maximum absolute atomic E-state index is 12.4. The van der Waals surface area contributed by atoms with Gasteiger partial charge in [0.2, 0.25) is 0 Å². The monoisotopic (exact) mass is 297 g/mol. The first-order valence-corrected chi connectivity index (χ1v) is 8.45. The fraction of sp³-hybridized carbons (Fsp3) is 0.571. The van der Waals surface area contributed by atoms with Gasteiger partial charge in [-0.3, -0.25) is 0 Å². The summed E-state index contributed by atoms with van der Waals surface area (Å²) in [7, 11) is -3.43. The van der Waals surface area contributed by atoms with Gasteiger partial charge in [0.15, 0.2) is 0 Å². The number of hydrogen-bond donors (Lipinski definition) is 2. The first kappa shape index (κ1) is 15.3. The topological polar surface area (TPSA) is 75.4 Å². The molecule has 1 aromatic rings. The molecule has 3 N–H and O–H groups in total. The molecule has 0 radical (unpaired) electrons. The lowest BCUT2D eigenvalue weighted by atomic mass is 10.0. The second kappa shape index (κ2) is 6.11. The molecule has 0 saturated carbocycles. The summed E-state index contributed by atoms with van der Waals surface area (Å²) in [5.74, 6) is 0.419. The van der Waals surface area contributed by atoms with E-state index < -0.39 is 10.2 Å². The van der Waals surface area contributed by atoms with Crippen LogP contribution in [0.1, 0.15) is 38.3 Å². The van der Waals surface area contributed by atoms with Crippen LogP contribution in [0.3, 0.4) is 0 Å². The zero-order valence-electron chi connectivity index (χ0n) is 12.0. The number of nitrogens with two attached hydrogens (primary N) is 1. The maximum Gasteiger partial charge on any atom is 0.280 e. The van der Waals surface area contributed by atoms with E-state index in [-0.39, 0.29) is 6.04 Å². The summed E-state index contributed by atoms with van der Waals surface area (Å²) in [5.41, 5.74) is 7.25. The zero-order valence-corrected chi connectivity index (χ0v) is 12.9. The highest BCUT2D eigenvalue weighted by atomic mass is 32.2. The molecular weight excluding hydrogens is 274 g/mol. The fourth-order valence-corrected chi connectivity index (χ4v) is 4.11. The third kappa shape index (κ3) is 3.71. The first-order chi connectivity index (χ1) is 9.38. The molecule has 1 aliphatic rings. The van der Waals surface area contributed by atoms with Crippen LogP contribution >= 0.6 is 0 Å². The Hall–Kier alpha value is -1.11. The van der Waals surface area contributed by atoms with Crippen molar-refractivity contribution in [2.24, 2.45) is 5.92 Å². The summed E-state index contributed by atoms with van der Waals surface area (Å²) in [4.78, 5) is 0. The molecule has 2 atom stereocenters. The molecule has 5 nitrogen and oxygen atoms in total. The van der Waals surface area contributed by atoms with Gasteiger partial charge in [-0.25, -0.2) is 0 Å². The van der Waals surface area contributed by atoms with Crippen LogP contribution in [0, 0.1) is 5.92 Å². The van der Waals surface area contributed by atoms with Crippen LogP contribution in [0.2, 0.25) is 0 Å². The molecular formula is C14H23N3O2S. The summed E-state index contributed by atoms with van der Waals surface area (Å²) in [6.45, 7) is 5.12. The lowest BCUT2D eigenvalue weighted by Crippen LogP contribution is -2.46. The van der Waals surface area contributed by atoms with Crippen molar-refractivity contribution in [3.8, 4) is 0 Å². The van der Waals surface area contributed by atoms with E-state index in [4.69, 9.17) is 5.73 Å². The number of anilines is 1. The van der Waals surface area contributed by atoms with Crippen molar-refractivity contribution in [3.63, 3.8) is 0 Å². The van der Waals surface area contributed by atoms with E-state index in [1.807, 2.05) is 19.1 Å². The minimum atomic E-state index is -3.43. The lowest BCUT2D eigenvalue weighted by molar-refractivity contribution is 0.277. The van der Waals surface area contributed by atoms with Crippen LogP contribution in [0.5, 0.6) is 0 Å². The number of benzene rings is 1. The van der Waals surface area contributed by atoms with Gasteiger partial charge in [0.25, 0.3) is 10.2 Å². The minimum Gasteiger partial charge on any atom is -0.399 e. The van der Waals surface area contributed by atoms with Crippen LogP contribution < -0.4 is 10.5 Å². The number of rotatable bonds is 4. The molecule has 1 fully saturated rings. The molecule has 1 heterocycles. The van der Waals surface area contributed by atoms with Gasteiger partial charge < -0.3 is 5.73 Å². The fourth-order valence-electron chi connectivity index (χ4n) is 2.56. The summed E-state index contributed by atoms with van der Waals surface area (Å²) in [6.07, 6.45) is 2.02. The van der Waals surface area contributed by atoms with Crippen molar-refractivity contribution >= 4 is 15.9 Å². The van der Waals surface area contributed by atoms with Crippen LogP contribution in [-0.2, 0) is 10.2 Å². The molecule has 2 unspecified atom stereocenters. The normalized spacial score (nSPS) is 22.6. The molecule has 0 amide bonds. The Balaban J connectivity index is 2.07. The Morgan fingerprint density at radius 1 is 1.45 bits per heavy atom. The average Bonchev–Trinajstić information content (AvgIpc) is 2.38. The third-order valence-electron chi connectivity index (χ3n) is 3.70. The number of piperidine rings is 1. The Morgan fingerprint density at radius 3 is 2.85 bits per heavy atom. The number of nitrogens with one attached hydrogen (secondary N) is 1. The summed E-state index contributed by atoms with van der Waals surface area (Å²) >= 11 is 0. The van der Waals surface area contributed by atoms with Crippen LogP contribution in [-0.4, -0.2) is 25.8 Å². The number of nitrogens with zero attached hydrogens (tertiary/aromatic N) is 1. The number of hydrogen-bond acceptors (Lipinski definition) is 3.